The van der Waals surface area contributed by atoms with E-state index in [1.807, 2.05) is 25.8 Å². The highest BCUT2D eigenvalue weighted by molar-refractivity contribution is 5.69. The minimum atomic E-state index is -0.185. The number of carbonyl (C=O) groups excluding carboxylic acids is 1. The van der Waals surface area contributed by atoms with Gasteiger partial charge in [-0.25, -0.2) is 4.79 Å². The van der Waals surface area contributed by atoms with Gasteiger partial charge < -0.3 is 29.7 Å². The fourth-order valence-electron chi connectivity index (χ4n) is 4.82. The van der Waals surface area contributed by atoms with Crippen LogP contribution in [0.4, 0.5) is 22.4 Å². The van der Waals surface area contributed by atoms with E-state index in [1.54, 1.807) is 19.2 Å². The third kappa shape index (κ3) is 5.19. The normalized spacial score (nSPS) is 22.7. The van der Waals surface area contributed by atoms with Crippen molar-refractivity contribution in [3.63, 3.8) is 0 Å². The number of H-pyrrole nitrogens is 1. The zero-order chi connectivity index (χ0) is 24.2. The van der Waals surface area contributed by atoms with Crippen molar-refractivity contribution in [1.82, 2.24) is 25.1 Å². The van der Waals surface area contributed by atoms with E-state index in [4.69, 9.17) is 9.47 Å². The first-order valence-corrected chi connectivity index (χ1v) is 12.0. The van der Waals surface area contributed by atoms with Gasteiger partial charge >= 0.3 is 6.09 Å². The van der Waals surface area contributed by atoms with E-state index in [0.29, 0.717) is 29.2 Å². The number of fused-ring (bicyclic) bond motifs is 2. The van der Waals surface area contributed by atoms with E-state index in [9.17, 15) is 9.90 Å². The van der Waals surface area contributed by atoms with Crippen LogP contribution in [0.3, 0.4) is 0 Å². The molecule has 0 aromatic carbocycles. The fourth-order valence-corrected chi connectivity index (χ4v) is 4.82. The highest BCUT2D eigenvalue weighted by Gasteiger charge is 2.43. The Labute approximate surface area is 199 Å². The topological polar surface area (TPSA) is 129 Å². The second-order valence-corrected chi connectivity index (χ2v) is 9.14. The van der Waals surface area contributed by atoms with Gasteiger partial charge in [0, 0.05) is 37.3 Å². The Morgan fingerprint density at radius 1 is 1.29 bits per heavy atom. The zero-order valence-corrected chi connectivity index (χ0v) is 20.3. The number of amides is 1. The largest absolute Gasteiger partial charge is 0.481 e. The molecule has 186 valence electrons. The lowest BCUT2D eigenvalue weighted by Crippen LogP contribution is -2.59. The monoisotopic (exact) mass is 473 g/mol. The quantitative estimate of drug-likeness (QED) is 0.529. The number of nitrogens with zero attached hydrogens (tertiary/aromatic N) is 5. The van der Waals surface area contributed by atoms with Crippen molar-refractivity contribution >= 4 is 23.7 Å². The Morgan fingerprint density at radius 2 is 2.03 bits per heavy atom. The molecule has 0 saturated carbocycles. The summed E-state index contributed by atoms with van der Waals surface area (Å²) in [4.78, 5) is 26.2. The molecule has 3 N–H and O–H groups in total. The maximum Gasteiger partial charge on any atom is 0.410 e. The van der Waals surface area contributed by atoms with Crippen LogP contribution >= 0.6 is 0 Å². The Kier molecular flexibility index (Phi) is 7.40. The number of ether oxygens (including phenoxy) is 2. The molecule has 2 unspecified atom stereocenters. The molecule has 11 nitrogen and oxygen atoms in total. The fraction of sp³-hybridized carbons (Fsp3) is 0.652. The smallest absolute Gasteiger partial charge is 0.410 e. The first-order valence-electron chi connectivity index (χ1n) is 12.0. The van der Waals surface area contributed by atoms with Gasteiger partial charge in [-0.05, 0) is 45.4 Å². The molecule has 34 heavy (non-hydrogen) atoms. The molecule has 0 radical (unpaired) electrons. The molecular formula is C23H35N7O4. The van der Waals surface area contributed by atoms with Gasteiger partial charge in [-0.2, -0.15) is 15.1 Å². The standard InChI is InChI=1S/C23H35N7O4/c1-5-14(2)34-23(32)30-16-7-6-8-17(30)11-18(10-16)29(3)22-25-19(12-21(26-22)33-4)24-20-9-15(13-31)27-28-20/h9,12,14,16-18,31H,5-8,10-11,13H2,1-4H3,(H2,24,25,26,27,28)/t14?,16-,17+,18?. The van der Waals surface area contributed by atoms with Gasteiger partial charge in [-0.3, -0.25) is 5.10 Å². The average Bonchev–Trinajstić information content (AvgIpc) is 3.29. The highest BCUT2D eigenvalue weighted by Crippen LogP contribution is 2.37. The molecule has 2 aromatic rings. The van der Waals surface area contributed by atoms with Crippen molar-refractivity contribution < 1.29 is 19.4 Å². The van der Waals surface area contributed by atoms with Crippen LogP contribution in [0.5, 0.6) is 5.88 Å². The first-order chi connectivity index (χ1) is 16.4. The molecule has 2 bridgehead atoms. The SMILES string of the molecule is CCC(C)OC(=O)N1[C@@H]2CCC[C@H]1CC(N(C)c1nc(Nc3cc(CO)[nH]n3)cc(OC)n1)C2. The van der Waals surface area contributed by atoms with Crippen molar-refractivity contribution in [2.24, 2.45) is 0 Å². The van der Waals surface area contributed by atoms with Crippen molar-refractivity contribution in [3.05, 3.63) is 17.8 Å². The summed E-state index contributed by atoms with van der Waals surface area (Å²) in [5, 5.41) is 19.3. The number of hydrogen-bond acceptors (Lipinski definition) is 9. The van der Waals surface area contributed by atoms with Crippen LogP contribution in [0.25, 0.3) is 0 Å². The molecule has 1 amide bonds. The molecule has 4 heterocycles. The first kappa shape index (κ1) is 24.1. The molecule has 2 fully saturated rings. The van der Waals surface area contributed by atoms with E-state index < -0.39 is 0 Å². The number of rotatable bonds is 8. The van der Waals surface area contributed by atoms with E-state index in [0.717, 1.165) is 38.5 Å². The van der Waals surface area contributed by atoms with Gasteiger partial charge in [0.15, 0.2) is 5.82 Å². The summed E-state index contributed by atoms with van der Waals surface area (Å²) in [5.41, 5.74) is 0.603. The summed E-state index contributed by atoms with van der Waals surface area (Å²) < 4.78 is 11.1. The summed E-state index contributed by atoms with van der Waals surface area (Å²) in [7, 11) is 3.56. The molecule has 2 aliphatic heterocycles. The van der Waals surface area contributed by atoms with Crippen LogP contribution in [-0.2, 0) is 11.3 Å². The Morgan fingerprint density at radius 3 is 2.65 bits per heavy atom. The Balaban J connectivity index is 1.50. The second kappa shape index (κ2) is 10.5. The molecule has 0 aliphatic carbocycles. The third-order valence-corrected chi connectivity index (χ3v) is 6.86. The number of aromatic nitrogens is 4. The summed E-state index contributed by atoms with van der Waals surface area (Å²) >= 11 is 0. The summed E-state index contributed by atoms with van der Waals surface area (Å²) in [6.07, 6.45) is 5.31. The summed E-state index contributed by atoms with van der Waals surface area (Å²) in [6, 6.07) is 3.91. The lowest BCUT2D eigenvalue weighted by atomic mass is 9.81. The molecule has 4 atom stereocenters. The lowest BCUT2D eigenvalue weighted by molar-refractivity contribution is 0.00183. The number of anilines is 3. The van der Waals surface area contributed by atoms with Crippen molar-refractivity contribution in [1.29, 1.82) is 0 Å². The van der Waals surface area contributed by atoms with Crippen LogP contribution in [-0.4, -0.2) is 74.7 Å². The van der Waals surface area contributed by atoms with E-state index in [1.165, 1.54) is 0 Å². The number of aliphatic hydroxyl groups is 1. The molecule has 2 saturated heterocycles. The minimum Gasteiger partial charge on any atom is -0.481 e. The average molecular weight is 474 g/mol. The van der Waals surface area contributed by atoms with E-state index in [-0.39, 0.29) is 36.9 Å². The number of methoxy groups -OCH3 is 1. The van der Waals surface area contributed by atoms with Gasteiger partial charge in [0.2, 0.25) is 11.8 Å². The Hall–Kier alpha value is -3.08. The van der Waals surface area contributed by atoms with Crippen LogP contribution in [0.1, 0.15) is 58.1 Å². The second-order valence-electron chi connectivity index (χ2n) is 9.14. The number of carbonyl (C=O) groups is 1. The van der Waals surface area contributed by atoms with Gasteiger partial charge in [0.05, 0.1) is 19.4 Å². The summed E-state index contributed by atoms with van der Waals surface area (Å²) in [5.74, 6) is 2.06. The number of aliphatic hydroxyl groups excluding tert-OH is 1. The van der Waals surface area contributed by atoms with Crippen molar-refractivity contribution in [2.45, 2.75) is 83.2 Å². The maximum absolute atomic E-state index is 12.9. The number of nitrogens with one attached hydrogen (secondary N) is 2. The van der Waals surface area contributed by atoms with Crippen molar-refractivity contribution in [2.75, 3.05) is 24.4 Å². The van der Waals surface area contributed by atoms with Crippen LogP contribution in [0.15, 0.2) is 12.1 Å². The third-order valence-electron chi connectivity index (χ3n) is 6.86. The van der Waals surface area contributed by atoms with E-state index in [2.05, 4.69) is 30.4 Å². The number of hydrogen-bond donors (Lipinski definition) is 3. The van der Waals surface area contributed by atoms with Gasteiger partial charge in [0.25, 0.3) is 0 Å². The Bertz CT molecular complexity index is 970. The summed E-state index contributed by atoms with van der Waals surface area (Å²) in [6.45, 7) is 3.84. The zero-order valence-electron chi connectivity index (χ0n) is 20.3. The molecule has 4 rings (SSSR count). The van der Waals surface area contributed by atoms with Crippen LogP contribution in [0, 0.1) is 0 Å². The number of piperidine rings is 2. The van der Waals surface area contributed by atoms with Crippen molar-refractivity contribution in [3.8, 4) is 5.88 Å². The van der Waals surface area contributed by atoms with Crippen LogP contribution in [0.2, 0.25) is 0 Å². The predicted octanol–water partition coefficient (Wildman–Crippen LogP) is 3.20. The molecule has 2 aromatic heterocycles. The van der Waals surface area contributed by atoms with Gasteiger partial charge in [-0.15, -0.1) is 0 Å². The molecule has 2 aliphatic rings. The van der Waals surface area contributed by atoms with E-state index >= 15 is 0 Å². The lowest BCUT2D eigenvalue weighted by Gasteiger charge is -2.50. The van der Waals surface area contributed by atoms with Crippen LogP contribution < -0.4 is 15.0 Å². The molecular weight excluding hydrogens is 438 g/mol. The maximum atomic E-state index is 12.9. The predicted molar refractivity (Wildman–Crippen MR) is 127 cm³/mol. The molecule has 11 heteroatoms. The van der Waals surface area contributed by atoms with Gasteiger partial charge in [0.1, 0.15) is 11.9 Å². The highest BCUT2D eigenvalue weighted by atomic mass is 16.6. The van der Waals surface area contributed by atoms with Gasteiger partial charge in [-0.1, -0.05) is 6.92 Å². The number of aromatic amines is 1. The molecule has 0 spiro atoms. The minimum absolute atomic E-state index is 0.0762.